The largest absolute Gasteiger partial charge is 0.447 e. The number of nitrogens with two attached hydrogens (primary N) is 2. The van der Waals surface area contributed by atoms with Crippen molar-refractivity contribution in [2.24, 2.45) is 11.5 Å². The van der Waals surface area contributed by atoms with Crippen molar-refractivity contribution in [1.82, 2.24) is 78.4 Å². The molecule has 1 saturated heterocycles. The van der Waals surface area contributed by atoms with Gasteiger partial charge >= 0.3 is 6.09 Å². The van der Waals surface area contributed by atoms with E-state index in [9.17, 15) is 28.8 Å². The van der Waals surface area contributed by atoms with Gasteiger partial charge in [0, 0.05) is 216 Å². The molecule has 15 rings (SSSR count). The summed E-state index contributed by atoms with van der Waals surface area (Å²) >= 11 is 26.0. The molecule has 10 N–H and O–H groups in total. The number of hydrogen-bond acceptors (Lipinski definition) is 19. The minimum atomic E-state index is -0.601. The third-order valence-electron chi connectivity index (χ3n) is 19.8. The molecule has 4 aromatic carbocycles. The number of hydrogen-bond donors (Lipinski definition) is 8. The number of aromatic amines is 2. The molecule has 0 radical (unpaired) electrons. The van der Waals surface area contributed by atoms with E-state index >= 15 is 0 Å². The lowest BCUT2D eigenvalue weighted by atomic mass is 10.0. The van der Waals surface area contributed by atoms with E-state index in [4.69, 9.17) is 72.1 Å². The molecule has 125 heavy (non-hydrogen) atoms. The van der Waals surface area contributed by atoms with Crippen LogP contribution in [-0.2, 0) is 41.7 Å². The summed E-state index contributed by atoms with van der Waals surface area (Å²) in [6, 6.07) is 33.9. The van der Waals surface area contributed by atoms with Crippen molar-refractivity contribution < 1.29 is 43.0 Å². The van der Waals surface area contributed by atoms with E-state index in [0.29, 0.717) is 96.0 Å². The molecule has 0 saturated carbocycles. The van der Waals surface area contributed by atoms with E-state index in [0.717, 1.165) is 121 Å². The fourth-order valence-electron chi connectivity index (χ4n) is 13.9. The highest BCUT2D eigenvalue weighted by Crippen LogP contribution is 2.41. The Morgan fingerprint density at radius 1 is 0.440 bits per heavy atom. The highest BCUT2D eigenvalue weighted by Gasteiger charge is 2.25. The number of nitrogens with zero attached hydrogens (tertiary/aromatic N) is 14. The quantitative estimate of drug-likeness (QED) is 0.0233. The maximum atomic E-state index is 12.3. The Bertz CT molecular complexity index is 6210. The Morgan fingerprint density at radius 2 is 0.824 bits per heavy atom. The van der Waals surface area contributed by atoms with Crippen LogP contribution >= 0.6 is 46.4 Å². The molecule has 1 aliphatic heterocycles. The molecule has 14 aromatic rings. The van der Waals surface area contributed by atoms with E-state index in [1.54, 1.807) is 72.2 Å². The predicted octanol–water partition coefficient (Wildman–Crippen LogP) is 16.5. The number of H-pyrrole nitrogens is 2. The summed E-state index contributed by atoms with van der Waals surface area (Å²) < 4.78 is 22.4. The van der Waals surface area contributed by atoms with Crippen molar-refractivity contribution in [3.63, 3.8) is 0 Å². The Labute approximate surface area is 740 Å². The average Bonchev–Trinajstić information content (AvgIpc) is 1.65. The number of rotatable bonds is 26. The van der Waals surface area contributed by atoms with Gasteiger partial charge in [-0.3, -0.25) is 44.4 Å². The summed E-state index contributed by atoms with van der Waals surface area (Å²) in [5.74, 6) is 1.27. The van der Waals surface area contributed by atoms with Crippen LogP contribution in [0.15, 0.2) is 196 Å². The summed E-state index contributed by atoms with van der Waals surface area (Å²) in [4.78, 5) is 101. The molecule has 0 unspecified atom stereocenters. The van der Waals surface area contributed by atoms with Crippen molar-refractivity contribution in [1.29, 1.82) is 0 Å². The van der Waals surface area contributed by atoms with Crippen LogP contribution in [0.1, 0.15) is 87.2 Å². The highest BCUT2D eigenvalue weighted by atomic mass is 35.5. The molecule has 1 aliphatic rings. The SMILES string of the molecule is CC(=O)Nc1cc(-n2cc(-c3ncn[nH]3)c(-c3cc(CN(C)C)ccc3Cl)c2)c(C)cn1.CC(=O)Nc1cc(-n2cc(C(N)=O)c(-c3cc(CN4CCCC4)ccc3Cl)c2)c(C)cn1.COCCC(=O)Nc1cc(-n2cc(C(N)=O)c(-c3ccccc3Cl)c2)c(C)cn1.COCCOC(=O)Nc1cc(-n2cc(-c3ncn[nH]3)c(-c3ccccc3Cl)c2)c(C)cn1. The molecular formula is C90H92Cl4N22O9. The van der Waals surface area contributed by atoms with E-state index in [1.165, 1.54) is 53.6 Å². The van der Waals surface area contributed by atoms with E-state index in [1.807, 2.05) is 165 Å². The summed E-state index contributed by atoms with van der Waals surface area (Å²) in [7, 11) is 7.14. The Hall–Kier alpha value is -13.5. The van der Waals surface area contributed by atoms with Crippen LogP contribution in [0.5, 0.6) is 0 Å². The lowest BCUT2D eigenvalue weighted by Gasteiger charge is -2.16. The van der Waals surface area contributed by atoms with Crippen molar-refractivity contribution in [3.05, 3.63) is 261 Å². The summed E-state index contributed by atoms with van der Waals surface area (Å²) in [5, 5.41) is 27.0. The Balaban J connectivity index is 0.000000152. The van der Waals surface area contributed by atoms with Gasteiger partial charge in [0.05, 0.1) is 53.5 Å². The molecule has 0 spiro atoms. The van der Waals surface area contributed by atoms with Crippen LogP contribution < -0.4 is 32.7 Å². The Morgan fingerprint density at radius 3 is 1.26 bits per heavy atom. The first-order valence-corrected chi connectivity index (χ1v) is 40.9. The first kappa shape index (κ1) is 90.7. The third-order valence-corrected chi connectivity index (χ3v) is 21.1. The molecule has 0 bridgehead atoms. The van der Waals surface area contributed by atoms with E-state index in [-0.39, 0.29) is 30.7 Å². The van der Waals surface area contributed by atoms with E-state index < -0.39 is 17.9 Å². The van der Waals surface area contributed by atoms with Gasteiger partial charge in [-0.1, -0.05) is 94.9 Å². The highest BCUT2D eigenvalue weighted by molar-refractivity contribution is 6.35. The molecule has 0 aliphatic carbocycles. The number of benzene rings is 4. The number of nitrogens with one attached hydrogen (secondary N) is 6. The van der Waals surface area contributed by atoms with Crippen LogP contribution in [-0.4, -0.2) is 175 Å². The van der Waals surface area contributed by atoms with Gasteiger partial charge in [0.25, 0.3) is 11.8 Å². The average molecular weight is 1770 g/mol. The van der Waals surface area contributed by atoms with Gasteiger partial charge in [-0.25, -0.2) is 34.7 Å². The summed E-state index contributed by atoms with van der Waals surface area (Å²) in [6.45, 7) is 15.2. The van der Waals surface area contributed by atoms with Crippen LogP contribution in [0, 0.1) is 27.7 Å². The second kappa shape index (κ2) is 42.1. The number of aryl methyl sites for hydroxylation is 4. The standard InChI is InChI=1S/C24H26ClN5O2.C23H24ClN7O.C22H21ClN6O3.C21H21ClN4O3/c1-15-11-27-23(28-16(2)31)10-22(15)30-13-19(20(14-30)24(26)32)18-9-17(5-6-21(18)25)12-29-7-3-4-8-29;1-14-9-25-22(28-15(2)32)8-21(14)31-11-18(19(12-31)23-26-13-27-29-23)17-7-16(10-30(3)4)5-6-20(17)24;1-14-10-24-20(27-22(30)32-8-7-31-2)9-19(14)29-11-16(15-5-3-4-6-18(15)23)17(12-29)21-25-13-26-28-21;1-13-10-24-19(25-20(27)7-8-29-2)9-18(13)26-11-15(16(12-26)21(23)28)14-5-3-4-6-17(14)22/h5-6,9-11,13-14H,3-4,7-8,12H2,1-2H3,(H2,26,32)(H,27,28,31);5-9,11-13H,10H2,1-4H3,(H,25,28,32)(H,26,27,29);3-6,9-13H,7-8H2,1-2H3,(H,24,27,30)(H,25,26,28);3-6,9-12H,7-8H2,1-2H3,(H2,23,28)(H,24,25,27). The van der Waals surface area contributed by atoms with Crippen LogP contribution in [0.4, 0.5) is 28.1 Å². The maximum Gasteiger partial charge on any atom is 0.412 e. The first-order chi connectivity index (χ1) is 60.1. The number of carbonyl (C=O) groups is 6. The third kappa shape index (κ3) is 23.3. The molecule has 31 nitrogen and oxygen atoms in total. The molecule has 6 amide bonds. The summed E-state index contributed by atoms with van der Waals surface area (Å²) in [6.07, 6.45) is 26.6. The number of halogens is 4. The monoisotopic (exact) mass is 1760 g/mol. The number of likely N-dealkylation sites (tertiary alicyclic amines) is 1. The van der Waals surface area contributed by atoms with Gasteiger partial charge in [0.1, 0.15) is 42.5 Å². The van der Waals surface area contributed by atoms with Gasteiger partial charge in [0.15, 0.2) is 11.6 Å². The fraction of sp³-hybridized carbons (Fsp3) is 0.222. The number of aromatic nitrogens is 14. The van der Waals surface area contributed by atoms with Crippen LogP contribution in [0.3, 0.4) is 0 Å². The minimum absolute atomic E-state index is 0.153. The van der Waals surface area contributed by atoms with Crippen molar-refractivity contribution >= 4 is 105 Å². The van der Waals surface area contributed by atoms with Crippen molar-refractivity contribution in [2.45, 2.75) is 73.9 Å². The van der Waals surface area contributed by atoms with E-state index in [2.05, 4.69) is 87.4 Å². The number of carbonyl (C=O) groups excluding carboxylic acids is 6. The number of amides is 6. The number of methoxy groups -OCH3 is 2. The normalized spacial score (nSPS) is 11.7. The number of anilines is 4. The second-order valence-electron chi connectivity index (χ2n) is 29.5. The molecule has 1 fully saturated rings. The molecule has 0 atom stereocenters. The molecule has 11 heterocycles. The maximum absolute atomic E-state index is 12.3. The molecule has 10 aromatic heterocycles. The number of primary amides is 2. The second-order valence-corrected chi connectivity index (χ2v) is 31.1. The topological polar surface area (TPSA) is 391 Å². The predicted molar refractivity (Wildman–Crippen MR) is 485 cm³/mol. The smallest absolute Gasteiger partial charge is 0.412 e. The van der Waals surface area contributed by atoms with Crippen molar-refractivity contribution in [3.8, 4) is 90.0 Å². The van der Waals surface area contributed by atoms with Crippen molar-refractivity contribution in [2.75, 3.05) is 82.5 Å². The zero-order chi connectivity index (χ0) is 89.1. The molecule has 35 heteroatoms. The zero-order valence-corrected chi connectivity index (χ0v) is 73.2. The zero-order valence-electron chi connectivity index (χ0n) is 70.1. The minimum Gasteiger partial charge on any atom is -0.447 e. The van der Waals surface area contributed by atoms with Crippen LogP contribution in [0.25, 0.3) is 90.0 Å². The van der Waals surface area contributed by atoms with Gasteiger partial charge in [-0.05, 0) is 138 Å². The van der Waals surface area contributed by atoms with Gasteiger partial charge in [-0.2, -0.15) is 10.2 Å². The fourth-order valence-corrected chi connectivity index (χ4v) is 14.8. The van der Waals surface area contributed by atoms with Gasteiger partial charge < -0.3 is 64.8 Å². The van der Waals surface area contributed by atoms with Crippen LogP contribution in [0.2, 0.25) is 20.1 Å². The molecular weight excluding hydrogens is 1670 g/mol. The lowest BCUT2D eigenvalue weighted by Crippen LogP contribution is -2.18. The van der Waals surface area contributed by atoms with Gasteiger partial charge in [0.2, 0.25) is 17.7 Å². The molecule has 644 valence electrons. The van der Waals surface area contributed by atoms with Gasteiger partial charge in [-0.15, -0.1) is 0 Å². The lowest BCUT2D eigenvalue weighted by molar-refractivity contribution is -0.117. The number of ether oxygens (including phenoxy) is 3. The number of pyridine rings is 4. The first-order valence-electron chi connectivity index (χ1n) is 39.4. The Kier molecular flexibility index (Phi) is 30.5. The summed E-state index contributed by atoms with van der Waals surface area (Å²) in [5.41, 5.74) is 29.2.